The van der Waals surface area contributed by atoms with Crippen LogP contribution in [0, 0.1) is 33.6 Å². The van der Waals surface area contributed by atoms with Crippen molar-refractivity contribution in [1.82, 2.24) is 15.0 Å². The Balaban J connectivity index is 1.27. The second kappa shape index (κ2) is 27.9. The van der Waals surface area contributed by atoms with Crippen molar-refractivity contribution in [1.29, 1.82) is 0 Å². The predicted molar refractivity (Wildman–Crippen MR) is 251 cm³/mol. The number of aryl methyl sites for hydroxylation is 4. The summed E-state index contributed by atoms with van der Waals surface area (Å²) in [7, 11) is 0. The van der Waals surface area contributed by atoms with Crippen molar-refractivity contribution in [3.05, 3.63) is 76.9 Å². The van der Waals surface area contributed by atoms with Gasteiger partial charge in [-0.1, -0.05) is 177 Å². The molecule has 0 aliphatic rings. The number of benzene rings is 3. The molecule has 0 saturated heterocycles. The molecule has 0 bridgehead atoms. The SMILES string of the molecule is CCCCCCCCCCCCC(CCCCCCCCCC)C(O)COCCCOc1ccc(-c2nc(-c3ccc(C)cc3C)nc(-c3ccc(C)cc3C)n2)c(O)c1. The first-order chi connectivity index (χ1) is 29.2. The molecule has 1 aromatic heterocycles. The number of nitrogens with zero attached hydrogens (tertiary/aromatic N) is 3. The topological polar surface area (TPSA) is 97.6 Å². The van der Waals surface area contributed by atoms with Gasteiger partial charge in [-0.2, -0.15) is 0 Å². The van der Waals surface area contributed by atoms with Gasteiger partial charge in [0.2, 0.25) is 0 Å². The highest BCUT2D eigenvalue weighted by Crippen LogP contribution is 2.34. The van der Waals surface area contributed by atoms with E-state index in [2.05, 4.69) is 65.8 Å². The lowest BCUT2D eigenvalue weighted by molar-refractivity contribution is -0.00368. The minimum Gasteiger partial charge on any atom is -0.507 e. The molecule has 1 heterocycles. The second-order valence-corrected chi connectivity index (χ2v) is 17.5. The van der Waals surface area contributed by atoms with Crippen LogP contribution in [0.2, 0.25) is 0 Å². The van der Waals surface area contributed by atoms with E-state index in [1.54, 1.807) is 6.07 Å². The summed E-state index contributed by atoms with van der Waals surface area (Å²) in [6.45, 7) is 14.1. The van der Waals surface area contributed by atoms with Crippen LogP contribution in [0.5, 0.6) is 11.5 Å². The zero-order valence-corrected chi connectivity index (χ0v) is 38.4. The molecule has 0 amide bonds. The third kappa shape index (κ3) is 17.3. The Morgan fingerprint density at radius 2 is 0.933 bits per heavy atom. The van der Waals surface area contributed by atoms with Crippen molar-refractivity contribution < 1.29 is 19.7 Å². The van der Waals surface area contributed by atoms with Gasteiger partial charge in [0.1, 0.15) is 11.5 Å². The molecule has 0 aliphatic heterocycles. The summed E-state index contributed by atoms with van der Waals surface area (Å²) in [5.74, 6) is 2.44. The summed E-state index contributed by atoms with van der Waals surface area (Å²) in [5.41, 5.74) is 6.87. The Bertz CT molecular complexity index is 1740. The molecular weight excluding hydrogens is 743 g/mol. The van der Waals surface area contributed by atoms with Crippen LogP contribution in [0.4, 0.5) is 0 Å². The van der Waals surface area contributed by atoms with Gasteiger partial charge in [0.25, 0.3) is 0 Å². The summed E-state index contributed by atoms with van der Waals surface area (Å²) < 4.78 is 12.1. The molecule has 0 spiro atoms. The van der Waals surface area contributed by atoms with Gasteiger partial charge >= 0.3 is 0 Å². The number of aromatic nitrogens is 3. The number of hydrogen-bond donors (Lipinski definition) is 2. The van der Waals surface area contributed by atoms with Crippen LogP contribution in [0.3, 0.4) is 0 Å². The molecular formula is C53H79N3O4. The first-order valence-electron chi connectivity index (χ1n) is 23.8. The van der Waals surface area contributed by atoms with Crippen LogP contribution in [-0.4, -0.2) is 51.1 Å². The van der Waals surface area contributed by atoms with Crippen molar-refractivity contribution in [2.45, 2.75) is 182 Å². The van der Waals surface area contributed by atoms with Crippen LogP contribution in [0.25, 0.3) is 34.2 Å². The summed E-state index contributed by atoms with van der Waals surface area (Å²) in [4.78, 5) is 14.7. The van der Waals surface area contributed by atoms with Crippen LogP contribution < -0.4 is 4.74 Å². The highest BCUT2D eigenvalue weighted by molar-refractivity contribution is 5.72. The number of hydrogen-bond acceptors (Lipinski definition) is 7. The Kier molecular flexibility index (Phi) is 22.7. The van der Waals surface area contributed by atoms with E-state index in [9.17, 15) is 10.2 Å². The molecule has 7 nitrogen and oxygen atoms in total. The van der Waals surface area contributed by atoms with Gasteiger partial charge in [0, 0.05) is 30.2 Å². The maximum absolute atomic E-state index is 11.3. The molecule has 3 aromatic carbocycles. The van der Waals surface area contributed by atoms with Crippen molar-refractivity contribution in [3.63, 3.8) is 0 Å². The molecule has 4 aromatic rings. The summed E-state index contributed by atoms with van der Waals surface area (Å²) in [6, 6.07) is 17.8. The van der Waals surface area contributed by atoms with Gasteiger partial charge in [0.15, 0.2) is 17.5 Å². The molecule has 60 heavy (non-hydrogen) atoms. The number of unbranched alkanes of at least 4 members (excludes halogenated alkanes) is 16. The normalized spacial score (nSPS) is 12.5. The Hall–Kier alpha value is -3.81. The average molecular weight is 822 g/mol. The predicted octanol–water partition coefficient (Wildman–Crippen LogP) is 14.4. The summed E-state index contributed by atoms with van der Waals surface area (Å²) in [6.07, 6.45) is 26.2. The third-order valence-electron chi connectivity index (χ3n) is 12.0. The van der Waals surface area contributed by atoms with Gasteiger partial charge in [-0.05, 0) is 69.7 Å². The van der Waals surface area contributed by atoms with Crippen molar-refractivity contribution >= 4 is 0 Å². The third-order valence-corrected chi connectivity index (χ3v) is 12.0. The zero-order valence-electron chi connectivity index (χ0n) is 38.4. The van der Waals surface area contributed by atoms with Gasteiger partial charge in [-0.15, -0.1) is 0 Å². The number of aliphatic hydroxyl groups excluding tert-OH is 1. The van der Waals surface area contributed by atoms with E-state index in [1.807, 2.05) is 24.3 Å². The van der Waals surface area contributed by atoms with E-state index in [4.69, 9.17) is 24.4 Å². The number of aromatic hydroxyl groups is 1. The smallest absolute Gasteiger partial charge is 0.167 e. The van der Waals surface area contributed by atoms with Gasteiger partial charge < -0.3 is 19.7 Å². The molecule has 7 heteroatoms. The standard InChI is InChI=1S/C53H79N3O4/c1-7-9-11-13-15-17-18-20-22-24-27-44(26-23-21-19-16-14-12-10-8-2)50(58)39-59-34-25-35-60-45-30-33-48(49(57)38-45)53-55-51(46-31-28-40(3)36-42(46)5)54-52(56-53)47-32-29-41(4)37-43(47)6/h28-33,36-38,44,50,57-58H,7-27,34-35,39H2,1-6H3. The zero-order chi connectivity index (χ0) is 43.0. The van der Waals surface area contributed by atoms with Crippen LogP contribution in [0.15, 0.2) is 54.6 Å². The molecule has 2 unspecified atom stereocenters. The fourth-order valence-electron chi connectivity index (χ4n) is 8.31. The summed E-state index contributed by atoms with van der Waals surface area (Å²) in [5, 5.41) is 22.5. The van der Waals surface area contributed by atoms with Gasteiger partial charge in [-0.25, -0.2) is 15.0 Å². The number of rotatable bonds is 31. The number of phenols is 1. The van der Waals surface area contributed by atoms with Crippen LogP contribution >= 0.6 is 0 Å². The monoisotopic (exact) mass is 822 g/mol. The molecule has 2 atom stereocenters. The highest BCUT2D eigenvalue weighted by Gasteiger charge is 2.20. The van der Waals surface area contributed by atoms with E-state index < -0.39 is 6.10 Å². The molecule has 4 rings (SSSR count). The maximum atomic E-state index is 11.3. The Morgan fingerprint density at radius 3 is 1.38 bits per heavy atom. The first-order valence-corrected chi connectivity index (χ1v) is 23.8. The van der Waals surface area contributed by atoms with Crippen LogP contribution in [-0.2, 0) is 4.74 Å². The molecule has 0 aliphatic carbocycles. The minimum atomic E-state index is -0.431. The van der Waals surface area contributed by atoms with E-state index in [-0.39, 0.29) is 5.75 Å². The van der Waals surface area contributed by atoms with Crippen LogP contribution in [0.1, 0.15) is 171 Å². The fraction of sp³-hybridized carbons (Fsp3) is 0.604. The van der Waals surface area contributed by atoms with Crippen molar-refractivity contribution in [2.75, 3.05) is 19.8 Å². The Morgan fingerprint density at radius 1 is 0.500 bits per heavy atom. The number of ether oxygens (including phenoxy) is 2. The maximum Gasteiger partial charge on any atom is 0.167 e. The fourth-order valence-corrected chi connectivity index (χ4v) is 8.31. The van der Waals surface area contributed by atoms with Crippen molar-refractivity contribution in [2.24, 2.45) is 5.92 Å². The lowest BCUT2D eigenvalue weighted by Gasteiger charge is -2.23. The quantitative estimate of drug-likeness (QED) is 0.0488. The second-order valence-electron chi connectivity index (χ2n) is 17.5. The lowest BCUT2D eigenvalue weighted by atomic mass is 9.89. The molecule has 0 radical (unpaired) electrons. The lowest BCUT2D eigenvalue weighted by Crippen LogP contribution is -2.26. The highest BCUT2D eigenvalue weighted by atomic mass is 16.5. The number of aliphatic hydroxyl groups is 1. The number of phenolic OH excluding ortho intramolecular Hbond substituents is 1. The largest absolute Gasteiger partial charge is 0.507 e. The van der Waals surface area contributed by atoms with Gasteiger partial charge in [0.05, 0.1) is 24.9 Å². The molecule has 0 saturated carbocycles. The van der Waals surface area contributed by atoms with Gasteiger partial charge in [-0.3, -0.25) is 0 Å². The first kappa shape index (κ1) is 48.9. The Labute approximate surface area is 364 Å². The van der Waals surface area contributed by atoms with E-state index in [0.717, 1.165) is 35.1 Å². The van der Waals surface area contributed by atoms with E-state index in [0.29, 0.717) is 60.9 Å². The summed E-state index contributed by atoms with van der Waals surface area (Å²) >= 11 is 0. The average Bonchev–Trinajstić information content (AvgIpc) is 3.22. The van der Waals surface area contributed by atoms with E-state index in [1.165, 1.54) is 127 Å². The molecule has 0 fully saturated rings. The van der Waals surface area contributed by atoms with E-state index >= 15 is 0 Å². The minimum absolute atomic E-state index is 0.0428. The van der Waals surface area contributed by atoms with Crippen molar-refractivity contribution in [3.8, 4) is 45.7 Å². The molecule has 330 valence electrons. The molecule has 2 N–H and O–H groups in total.